The van der Waals surface area contributed by atoms with Gasteiger partial charge in [0, 0.05) is 29.5 Å². The Balaban J connectivity index is 1.75. The number of rotatable bonds is 2. The van der Waals surface area contributed by atoms with Crippen LogP contribution in [0, 0.1) is 16.7 Å². The summed E-state index contributed by atoms with van der Waals surface area (Å²) < 4.78 is 0. The van der Waals surface area contributed by atoms with Crippen molar-refractivity contribution in [3.05, 3.63) is 36.7 Å². The molecule has 2 nitrogen and oxygen atoms in total. The van der Waals surface area contributed by atoms with Crippen LogP contribution in [0.25, 0.3) is 10.8 Å². The van der Waals surface area contributed by atoms with Crippen molar-refractivity contribution in [2.75, 3.05) is 5.32 Å². The van der Waals surface area contributed by atoms with Gasteiger partial charge < -0.3 is 5.32 Å². The summed E-state index contributed by atoms with van der Waals surface area (Å²) in [5, 5.41) is 6.41. The predicted molar refractivity (Wildman–Crippen MR) is 88.4 cm³/mol. The van der Waals surface area contributed by atoms with Crippen LogP contribution in [-0.4, -0.2) is 11.0 Å². The summed E-state index contributed by atoms with van der Waals surface area (Å²) in [6.45, 7) is 7.37. The second kappa shape index (κ2) is 4.22. The molecule has 21 heavy (non-hydrogen) atoms. The van der Waals surface area contributed by atoms with Gasteiger partial charge in [-0.15, -0.1) is 0 Å². The van der Waals surface area contributed by atoms with Gasteiger partial charge in [-0.3, -0.25) is 4.98 Å². The van der Waals surface area contributed by atoms with E-state index in [2.05, 4.69) is 55.3 Å². The minimum Gasteiger partial charge on any atom is -0.381 e. The average molecular weight is 280 g/mol. The molecule has 1 N–H and O–H groups in total. The Labute approximate surface area is 127 Å². The third-order valence-electron chi connectivity index (χ3n) is 6.25. The van der Waals surface area contributed by atoms with E-state index in [4.69, 9.17) is 0 Å². The Bertz CT molecular complexity index is 681. The molecule has 0 amide bonds. The van der Waals surface area contributed by atoms with Gasteiger partial charge >= 0.3 is 0 Å². The average Bonchev–Trinajstić information content (AvgIpc) is 2.95. The van der Waals surface area contributed by atoms with E-state index in [1.165, 1.54) is 35.7 Å². The smallest absolute Gasteiger partial charge is 0.0438 e. The summed E-state index contributed by atoms with van der Waals surface area (Å²) in [7, 11) is 0. The van der Waals surface area contributed by atoms with Gasteiger partial charge in [0.2, 0.25) is 0 Å². The van der Waals surface area contributed by atoms with Crippen molar-refractivity contribution in [3.63, 3.8) is 0 Å². The first kappa shape index (κ1) is 13.1. The molecule has 0 spiro atoms. The molecular weight excluding hydrogens is 256 g/mol. The van der Waals surface area contributed by atoms with E-state index < -0.39 is 0 Å². The Kier molecular flexibility index (Phi) is 2.64. The fourth-order valence-electron chi connectivity index (χ4n) is 5.06. The first-order chi connectivity index (χ1) is 10.0. The SMILES string of the molecule is CC12CCC(C1)C(C)(C)C2Nc1cccc2ccncc12. The zero-order valence-corrected chi connectivity index (χ0v) is 13.2. The third kappa shape index (κ3) is 1.81. The van der Waals surface area contributed by atoms with E-state index >= 15 is 0 Å². The summed E-state index contributed by atoms with van der Waals surface area (Å²) in [4.78, 5) is 4.31. The van der Waals surface area contributed by atoms with Gasteiger partial charge in [0.05, 0.1) is 0 Å². The molecule has 2 fully saturated rings. The molecule has 0 aliphatic heterocycles. The lowest BCUT2D eigenvalue weighted by atomic mass is 9.68. The first-order valence-electron chi connectivity index (χ1n) is 8.10. The highest BCUT2D eigenvalue weighted by atomic mass is 15.0. The Morgan fingerprint density at radius 2 is 2.05 bits per heavy atom. The molecule has 1 aromatic heterocycles. The van der Waals surface area contributed by atoms with E-state index in [1.54, 1.807) is 0 Å². The number of nitrogens with zero attached hydrogens (tertiary/aromatic N) is 1. The van der Waals surface area contributed by atoms with Gasteiger partial charge in [-0.1, -0.05) is 32.9 Å². The maximum absolute atomic E-state index is 4.31. The Morgan fingerprint density at radius 3 is 2.81 bits per heavy atom. The summed E-state index contributed by atoms with van der Waals surface area (Å²) in [6, 6.07) is 9.15. The molecule has 0 saturated heterocycles. The lowest BCUT2D eigenvalue weighted by molar-refractivity contribution is 0.155. The summed E-state index contributed by atoms with van der Waals surface area (Å²) in [6.07, 6.45) is 8.00. The van der Waals surface area contributed by atoms with Crippen molar-refractivity contribution < 1.29 is 0 Å². The lowest BCUT2D eigenvalue weighted by Crippen LogP contribution is -2.45. The van der Waals surface area contributed by atoms with Gasteiger partial charge in [-0.25, -0.2) is 0 Å². The van der Waals surface area contributed by atoms with E-state index in [0.717, 1.165) is 5.92 Å². The molecule has 4 rings (SSSR count). The van der Waals surface area contributed by atoms with Gasteiger partial charge in [0.1, 0.15) is 0 Å². The second-order valence-electron chi connectivity index (χ2n) is 7.89. The van der Waals surface area contributed by atoms with Crippen molar-refractivity contribution in [2.24, 2.45) is 16.7 Å². The fraction of sp³-hybridized carbons (Fsp3) is 0.526. The summed E-state index contributed by atoms with van der Waals surface area (Å²) in [5.41, 5.74) is 2.06. The molecule has 1 heterocycles. The highest BCUT2D eigenvalue weighted by Crippen LogP contribution is 2.63. The van der Waals surface area contributed by atoms with Crippen molar-refractivity contribution in [3.8, 4) is 0 Å². The standard InChI is InChI=1S/C19H24N2/c1-18(2)14-7-9-19(3,11-14)17(18)21-16-6-4-5-13-8-10-20-12-15(13)16/h4-6,8,10,12,14,17,21H,7,9,11H2,1-3H3. The van der Waals surface area contributed by atoms with Crippen LogP contribution < -0.4 is 5.32 Å². The molecule has 2 aromatic rings. The quantitative estimate of drug-likeness (QED) is 0.849. The lowest BCUT2D eigenvalue weighted by Gasteiger charge is -2.43. The number of benzene rings is 1. The highest BCUT2D eigenvalue weighted by molar-refractivity contribution is 5.93. The molecule has 2 bridgehead atoms. The number of pyridine rings is 1. The maximum Gasteiger partial charge on any atom is 0.0438 e. The topological polar surface area (TPSA) is 24.9 Å². The summed E-state index contributed by atoms with van der Waals surface area (Å²) >= 11 is 0. The van der Waals surface area contributed by atoms with Crippen molar-refractivity contribution in [1.82, 2.24) is 4.98 Å². The molecule has 2 heteroatoms. The van der Waals surface area contributed by atoms with Crippen LogP contribution in [-0.2, 0) is 0 Å². The summed E-state index contributed by atoms with van der Waals surface area (Å²) in [5.74, 6) is 0.869. The number of nitrogens with one attached hydrogen (secondary N) is 1. The predicted octanol–water partition coefficient (Wildman–Crippen LogP) is 4.86. The van der Waals surface area contributed by atoms with E-state index in [9.17, 15) is 0 Å². The van der Waals surface area contributed by atoms with Crippen molar-refractivity contribution in [2.45, 2.75) is 46.1 Å². The van der Waals surface area contributed by atoms with Gasteiger partial charge in [-0.2, -0.15) is 0 Å². The van der Waals surface area contributed by atoms with Crippen LogP contribution in [0.3, 0.4) is 0 Å². The number of fused-ring (bicyclic) bond motifs is 3. The largest absolute Gasteiger partial charge is 0.381 e. The fourth-order valence-corrected chi connectivity index (χ4v) is 5.06. The first-order valence-corrected chi connectivity index (χ1v) is 8.10. The van der Waals surface area contributed by atoms with Crippen LogP contribution in [0.4, 0.5) is 5.69 Å². The zero-order valence-electron chi connectivity index (χ0n) is 13.2. The third-order valence-corrected chi connectivity index (χ3v) is 6.25. The normalized spacial score (nSPS) is 33.5. The molecule has 2 aliphatic rings. The van der Waals surface area contributed by atoms with Crippen LogP contribution >= 0.6 is 0 Å². The number of aromatic nitrogens is 1. The Morgan fingerprint density at radius 1 is 1.19 bits per heavy atom. The Hall–Kier alpha value is -1.57. The van der Waals surface area contributed by atoms with Gasteiger partial charge in [0.15, 0.2) is 0 Å². The van der Waals surface area contributed by atoms with Crippen LogP contribution in [0.2, 0.25) is 0 Å². The minimum atomic E-state index is 0.372. The number of hydrogen-bond acceptors (Lipinski definition) is 2. The molecule has 3 unspecified atom stereocenters. The van der Waals surface area contributed by atoms with Crippen LogP contribution in [0.5, 0.6) is 0 Å². The van der Waals surface area contributed by atoms with Crippen molar-refractivity contribution in [1.29, 1.82) is 0 Å². The monoisotopic (exact) mass is 280 g/mol. The van der Waals surface area contributed by atoms with Crippen LogP contribution in [0.15, 0.2) is 36.7 Å². The zero-order chi connectivity index (χ0) is 14.7. The number of hydrogen-bond donors (Lipinski definition) is 1. The van der Waals surface area contributed by atoms with Gasteiger partial charge in [0.25, 0.3) is 0 Å². The number of anilines is 1. The molecular formula is C19H24N2. The second-order valence-corrected chi connectivity index (χ2v) is 7.89. The van der Waals surface area contributed by atoms with E-state index in [1.807, 2.05) is 12.4 Å². The molecule has 2 saturated carbocycles. The minimum absolute atomic E-state index is 0.372. The molecule has 0 radical (unpaired) electrons. The van der Waals surface area contributed by atoms with E-state index in [-0.39, 0.29) is 0 Å². The van der Waals surface area contributed by atoms with Crippen LogP contribution in [0.1, 0.15) is 40.0 Å². The highest BCUT2D eigenvalue weighted by Gasteiger charge is 2.59. The maximum atomic E-state index is 4.31. The van der Waals surface area contributed by atoms with Crippen molar-refractivity contribution >= 4 is 16.5 Å². The molecule has 3 atom stereocenters. The molecule has 1 aromatic carbocycles. The molecule has 110 valence electrons. The van der Waals surface area contributed by atoms with Gasteiger partial charge in [-0.05, 0) is 53.5 Å². The molecule has 2 aliphatic carbocycles. The van der Waals surface area contributed by atoms with E-state index in [0.29, 0.717) is 16.9 Å².